The van der Waals surface area contributed by atoms with E-state index in [1.54, 1.807) is 0 Å². The van der Waals surface area contributed by atoms with Crippen LogP contribution in [0.3, 0.4) is 0 Å². The molecule has 0 aromatic carbocycles. The minimum absolute atomic E-state index is 0.0697. The molecule has 2 N–H and O–H groups in total. The maximum Gasteiger partial charge on any atom is 0.328 e. The van der Waals surface area contributed by atoms with Crippen LogP contribution in [0.1, 0.15) is 33.1 Å². The highest BCUT2D eigenvalue weighted by molar-refractivity contribution is 5.83. The van der Waals surface area contributed by atoms with Gasteiger partial charge in [0.2, 0.25) is 0 Å². The Kier molecular flexibility index (Phi) is 4.86. The van der Waals surface area contributed by atoms with Gasteiger partial charge in [-0.3, -0.25) is 0 Å². The van der Waals surface area contributed by atoms with Crippen LogP contribution in [-0.4, -0.2) is 53.8 Å². The second kappa shape index (κ2) is 6.43. The van der Waals surface area contributed by atoms with E-state index in [0.717, 1.165) is 12.8 Å². The molecular weight excluding hydrogens is 260 g/mol. The van der Waals surface area contributed by atoms with Crippen molar-refractivity contribution < 1.29 is 19.4 Å². The highest BCUT2D eigenvalue weighted by Gasteiger charge is 2.34. The quantitative estimate of drug-likeness (QED) is 0.801. The number of carboxylic acid groups (broad SMARTS) is 1. The normalized spacial score (nSPS) is 34.6. The third kappa shape index (κ3) is 3.62. The predicted octanol–water partition coefficient (Wildman–Crippen LogP) is 1.31. The lowest BCUT2D eigenvalue weighted by molar-refractivity contribution is -0.147. The summed E-state index contributed by atoms with van der Waals surface area (Å²) in [4.78, 5) is 24.8. The van der Waals surface area contributed by atoms with Gasteiger partial charge in [-0.15, -0.1) is 0 Å². The summed E-state index contributed by atoms with van der Waals surface area (Å²) in [7, 11) is 0. The molecule has 0 spiro atoms. The van der Waals surface area contributed by atoms with Gasteiger partial charge >= 0.3 is 12.0 Å². The number of ether oxygens (including phenoxy) is 1. The maximum atomic E-state index is 12.3. The zero-order valence-corrected chi connectivity index (χ0v) is 12.2. The summed E-state index contributed by atoms with van der Waals surface area (Å²) >= 11 is 0. The molecule has 3 unspecified atom stereocenters. The minimum atomic E-state index is -1.01. The van der Waals surface area contributed by atoms with Gasteiger partial charge in [0.25, 0.3) is 0 Å². The number of carbonyl (C=O) groups excluding carboxylic acids is 1. The highest BCUT2D eigenvalue weighted by Crippen LogP contribution is 2.28. The molecule has 3 atom stereocenters. The van der Waals surface area contributed by atoms with Crippen molar-refractivity contribution in [1.82, 2.24) is 10.2 Å². The van der Waals surface area contributed by atoms with Crippen molar-refractivity contribution in [2.45, 2.75) is 45.2 Å². The summed E-state index contributed by atoms with van der Waals surface area (Å²) < 4.78 is 5.15. The van der Waals surface area contributed by atoms with Crippen molar-refractivity contribution in [2.24, 2.45) is 11.8 Å². The number of amides is 2. The molecule has 2 fully saturated rings. The third-order valence-electron chi connectivity index (χ3n) is 4.18. The number of hydrogen-bond donors (Lipinski definition) is 2. The molecule has 1 saturated heterocycles. The summed E-state index contributed by atoms with van der Waals surface area (Å²) in [6.07, 6.45) is 3.14. The second-order valence-electron chi connectivity index (χ2n) is 6.19. The summed E-state index contributed by atoms with van der Waals surface area (Å²) in [5, 5.41) is 12.1. The summed E-state index contributed by atoms with van der Waals surface area (Å²) in [5.41, 5.74) is 0. The topological polar surface area (TPSA) is 78.9 Å². The average Bonchev–Trinajstić information content (AvgIpc) is 2.37. The van der Waals surface area contributed by atoms with E-state index in [-0.39, 0.29) is 18.7 Å². The van der Waals surface area contributed by atoms with Crippen molar-refractivity contribution in [3.05, 3.63) is 0 Å². The van der Waals surface area contributed by atoms with Crippen molar-refractivity contribution in [1.29, 1.82) is 0 Å². The van der Waals surface area contributed by atoms with E-state index in [1.807, 2.05) is 0 Å². The summed E-state index contributed by atoms with van der Waals surface area (Å²) in [6.45, 7) is 5.20. The largest absolute Gasteiger partial charge is 0.480 e. The van der Waals surface area contributed by atoms with Gasteiger partial charge in [-0.05, 0) is 31.1 Å². The number of aliphatic carboxylic acids is 1. The first-order chi connectivity index (χ1) is 9.47. The number of morpholine rings is 1. The molecule has 2 rings (SSSR count). The molecule has 114 valence electrons. The first-order valence-electron chi connectivity index (χ1n) is 7.35. The Morgan fingerprint density at radius 2 is 1.85 bits per heavy atom. The van der Waals surface area contributed by atoms with Gasteiger partial charge in [-0.2, -0.15) is 0 Å². The molecule has 6 heteroatoms. The van der Waals surface area contributed by atoms with Crippen molar-refractivity contribution in [2.75, 3.05) is 19.8 Å². The van der Waals surface area contributed by atoms with Crippen LogP contribution in [0.25, 0.3) is 0 Å². The van der Waals surface area contributed by atoms with Crippen LogP contribution >= 0.6 is 0 Å². The Bertz CT molecular complexity index is 364. The number of nitrogens with one attached hydrogen (secondary N) is 1. The molecule has 2 aliphatic rings. The molecule has 1 saturated carbocycles. The van der Waals surface area contributed by atoms with Gasteiger partial charge in [0.1, 0.15) is 0 Å². The number of carbonyl (C=O) groups is 2. The minimum Gasteiger partial charge on any atom is -0.480 e. The number of carboxylic acids is 1. The van der Waals surface area contributed by atoms with Gasteiger partial charge in [-0.25, -0.2) is 9.59 Å². The zero-order chi connectivity index (χ0) is 14.7. The fourth-order valence-electron chi connectivity index (χ4n) is 3.37. The second-order valence-corrected chi connectivity index (χ2v) is 6.19. The van der Waals surface area contributed by atoms with Crippen LogP contribution in [0.5, 0.6) is 0 Å². The molecule has 0 aromatic heterocycles. The molecule has 1 aliphatic carbocycles. The van der Waals surface area contributed by atoms with Crippen molar-refractivity contribution in [3.63, 3.8) is 0 Å². The standard InChI is InChI=1S/C14H24N2O4/c1-9-5-10(2)7-11(6-9)15-14(19)16-3-4-20-8-12(16)13(17)18/h9-12H,3-8H2,1-2H3,(H,15,19)(H,17,18). The Hall–Kier alpha value is -1.30. The molecule has 6 nitrogen and oxygen atoms in total. The lowest BCUT2D eigenvalue weighted by Gasteiger charge is -2.36. The monoisotopic (exact) mass is 284 g/mol. The lowest BCUT2D eigenvalue weighted by Crippen LogP contribution is -2.57. The Balaban J connectivity index is 1.94. The molecule has 1 heterocycles. The van der Waals surface area contributed by atoms with E-state index >= 15 is 0 Å². The summed E-state index contributed by atoms with van der Waals surface area (Å²) in [5.74, 6) is 0.193. The van der Waals surface area contributed by atoms with Crippen molar-refractivity contribution in [3.8, 4) is 0 Å². The average molecular weight is 284 g/mol. The van der Waals surface area contributed by atoms with E-state index in [2.05, 4.69) is 19.2 Å². The first kappa shape index (κ1) is 15.1. The molecule has 20 heavy (non-hydrogen) atoms. The molecular formula is C14H24N2O4. The van der Waals surface area contributed by atoms with Crippen LogP contribution in [0.15, 0.2) is 0 Å². The fourth-order valence-corrected chi connectivity index (χ4v) is 3.37. The highest BCUT2D eigenvalue weighted by atomic mass is 16.5. The van der Waals surface area contributed by atoms with Crippen LogP contribution in [0, 0.1) is 11.8 Å². The van der Waals surface area contributed by atoms with E-state index in [9.17, 15) is 9.59 Å². The van der Waals surface area contributed by atoms with E-state index in [0.29, 0.717) is 25.0 Å². The van der Waals surface area contributed by atoms with E-state index in [4.69, 9.17) is 9.84 Å². The number of nitrogens with zero attached hydrogens (tertiary/aromatic N) is 1. The third-order valence-corrected chi connectivity index (χ3v) is 4.18. The number of urea groups is 1. The molecule has 0 bridgehead atoms. The number of hydrogen-bond acceptors (Lipinski definition) is 3. The van der Waals surface area contributed by atoms with Gasteiger partial charge in [0.05, 0.1) is 13.2 Å². The van der Waals surface area contributed by atoms with Gasteiger partial charge in [0.15, 0.2) is 6.04 Å². The molecule has 2 amide bonds. The summed E-state index contributed by atoms with van der Waals surface area (Å²) in [6, 6.07) is -0.993. The van der Waals surface area contributed by atoms with Crippen LogP contribution in [0.2, 0.25) is 0 Å². The van der Waals surface area contributed by atoms with Gasteiger partial charge < -0.3 is 20.1 Å². The Morgan fingerprint density at radius 1 is 1.20 bits per heavy atom. The molecule has 1 aliphatic heterocycles. The SMILES string of the molecule is CC1CC(C)CC(NC(=O)N2CCOCC2C(=O)O)C1. The van der Waals surface area contributed by atoms with Crippen molar-refractivity contribution >= 4 is 12.0 Å². The van der Waals surface area contributed by atoms with E-state index < -0.39 is 12.0 Å². The molecule has 0 radical (unpaired) electrons. The lowest BCUT2D eigenvalue weighted by atomic mass is 9.80. The van der Waals surface area contributed by atoms with Crippen LogP contribution < -0.4 is 5.32 Å². The maximum absolute atomic E-state index is 12.3. The molecule has 0 aromatic rings. The van der Waals surface area contributed by atoms with Crippen LogP contribution in [0.4, 0.5) is 4.79 Å². The number of rotatable bonds is 2. The Morgan fingerprint density at radius 3 is 2.45 bits per heavy atom. The van der Waals surface area contributed by atoms with Gasteiger partial charge in [0, 0.05) is 12.6 Å². The fraction of sp³-hybridized carbons (Fsp3) is 0.857. The zero-order valence-electron chi connectivity index (χ0n) is 12.2. The smallest absolute Gasteiger partial charge is 0.328 e. The van der Waals surface area contributed by atoms with Gasteiger partial charge in [-0.1, -0.05) is 13.8 Å². The van der Waals surface area contributed by atoms with E-state index in [1.165, 1.54) is 11.3 Å². The Labute approximate surface area is 119 Å². The van der Waals surface area contributed by atoms with Crippen LogP contribution in [-0.2, 0) is 9.53 Å². The first-order valence-corrected chi connectivity index (χ1v) is 7.35. The predicted molar refractivity (Wildman–Crippen MR) is 73.4 cm³/mol.